The van der Waals surface area contributed by atoms with Crippen molar-refractivity contribution in [3.8, 4) is 5.75 Å². The number of nitrogens with zero attached hydrogens (tertiary/aromatic N) is 6. The Morgan fingerprint density at radius 3 is 1.29 bits per heavy atom. The van der Waals surface area contributed by atoms with Crippen molar-refractivity contribution in [3.63, 3.8) is 0 Å². The first-order valence-corrected chi connectivity index (χ1v) is 44.2. The fourth-order valence-electron chi connectivity index (χ4n) is 15.1. The number of fused-ring (bicyclic) bond motifs is 8. The van der Waals surface area contributed by atoms with Gasteiger partial charge in [-0.15, -0.1) is 5.10 Å². The van der Waals surface area contributed by atoms with E-state index in [1.165, 1.54) is 0 Å². The largest absolute Gasteiger partial charge is 0.497 e. The maximum atomic E-state index is 12.8. The molecule has 0 bridgehead atoms. The molecule has 1 aliphatic rings. The number of rotatable bonds is 26. The van der Waals surface area contributed by atoms with Gasteiger partial charge >= 0.3 is 0 Å². The number of aliphatic imine (C=N–C) groups is 1. The number of amidine groups is 1. The molecule has 18 rings (SSSR count). The molecule has 1 aliphatic carbocycles. The summed E-state index contributed by atoms with van der Waals surface area (Å²) in [4.78, 5) is 89.8. The van der Waals surface area contributed by atoms with Crippen LogP contribution < -0.4 is 82.0 Å². The number of carbonyl (C=O) groups is 5. The van der Waals surface area contributed by atoms with Gasteiger partial charge in [-0.05, 0) is 288 Å². The number of anilines is 7. The molecule has 0 spiro atoms. The summed E-state index contributed by atoms with van der Waals surface area (Å²) >= 11 is 0. The molecule has 34 nitrogen and oxygen atoms in total. The molecule has 5 amide bonds. The first kappa shape index (κ1) is 96.3. The molecule has 0 saturated carbocycles. The van der Waals surface area contributed by atoms with Crippen molar-refractivity contribution in [1.29, 1.82) is 5.41 Å². The number of aryl methyl sites for hydroxylation is 2. The van der Waals surface area contributed by atoms with Crippen LogP contribution in [0.25, 0.3) is 76.3 Å². The molecule has 7 heterocycles. The molecule has 17 aromatic rings. The van der Waals surface area contributed by atoms with E-state index in [9.17, 15) is 24.0 Å². The van der Waals surface area contributed by atoms with E-state index in [1.807, 2.05) is 204 Å². The van der Waals surface area contributed by atoms with Gasteiger partial charge in [-0.25, -0.2) is 0 Å². The van der Waals surface area contributed by atoms with E-state index in [2.05, 4.69) is 141 Å². The molecule has 28 N–H and O–H groups in total. The quantitative estimate of drug-likeness (QED) is 0.0104. The number of carbonyl (C=O) groups excluding carboxylic acids is 5. The van der Waals surface area contributed by atoms with Crippen LogP contribution in [0.3, 0.4) is 0 Å². The molecule has 0 saturated heterocycles. The highest BCUT2D eigenvalue weighted by molar-refractivity contribution is 6.14. The molecule has 10 aromatic carbocycles. The zero-order valence-electron chi connectivity index (χ0n) is 77.8. The molecule has 0 atom stereocenters. The molecule has 0 unspecified atom stereocenters. The summed E-state index contributed by atoms with van der Waals surface area (Å²) in [6.07, 6.45) is 5.40. The van der Waals surface area contributed by atoms with E-state index in [0.29, 0.717) is 69.3 Å². The number of aromatic nitrogens is 7. The number of benzene rings is 10. The second kappa shape index (κ2) is 43.7. The Bertz CT molecular complexity index is 7790. The fourth-order valence-corrected chi connectivity index (χ4v) is 15.1. The minimum atomic E-state index is -0.236. The normalized spacial score (nSPS) is 12.3. The standard InChI is InChI=1S/C24H25N5O.C22H22N6O.C21H21N5O2.2C19H20N6O/c1-3-4-20(27-14-15(2)25)17-6-8-21-18(11-17)12-23(29-21)24(30)28-19-7-5-16-9-10-26-22(16)13-19;1-12-8-16-10-18(5-7-19(16)24-12)25-22(29)21-11-17-9-15(4-6-20(17)26-21)13(2)27-28-14(3)23;1-12(22)25-26-19-7-3-13-9-15(4-6-17(13)19)23-21(27)20-11-14-10-16(28-2)5-8-18(14)24-20;1-11(24-25-12(2)20)13-3-8-17-14(9-13)10-18(23-17)19(26)22-16-6-4-15(21)5-7-16;1-11(24-25-12(2)20)13-6-7-17-14(8-13)9-18(23-17)19(26)22-16-5-3-4-15(21)10-16/h5-13,25-26,29H,3-4,14H2,1-2H3,(H,28,30);4-11,24,26,28H,3,23H2,1-2H3,(H,25,29);4-6,8-11,24H,3,7H2,1-2H3,(H2,22,25)(H,23,27);2*3-10,23,25H,2,20-21H2,1H3,(H,22,26)/b;27-13+;26-19+;2*24-11+. The topological polar surface area (TPSA) is 555 Å². The van der Waals surface area contributed by atoms with Crippen molar-refractivity contribution < 1.29 is 28.7 Å². The lowest BCUT2D eigenvalue weighted by Crippen LogP contribution is -2.14. The minimum absolute atomic E-state index is 0.180. The summed E-state index contributed by atoms with van der Waals surface area (Å²) in [5.74, 6) is 0.982. The van der Waals surface area contributed by atoms with Gasteiger partial charge in [-0.3, -0.25) is 45.2 Å². The van der Waals surface area contributed by atoms with Crippen molar-refractivity contribution in [2.45, 2.75) is 74.1 Å². The van der Waals surface area contributed by atoms with Crippen LogP contribution in [0.4, 0.5) is 39.8 Å². The highest BCUT2D eigenvalue weighted by Crippen LogP contribution is 2.31. The van der Waals surface area contributed by atoms with Gasteiger partial charge in [-0.1, -0.05) is 75.5 Å². The van der Waals surface area contributed by atoms with Crippen molar-refractivity contribution in [2.75, 3.05) is 51.7 Å². The van der Waals surface area contributed by atoms with Crippen LogP contribution >= 0.6 is 0 Å². The van der Waals surface area contributed by atoms with E-state index in [4.69, 9.17) is 44.5 Å². The Morgan fingerprint density at radius 2 is 0.820 bits per heavy atom. The third kappa shape index (κ3) is 25.4. The average molecular weight is 1860 g/mol. The summed E-state index contributed by atoms with van der Waals surface area (Å²) in [6, 6.07) is 73.7. The average Bonchev–Trinajstić information content (AvgIpc) is 1.68. The van der Waals surface area contributed by atoms with Gasteiger partial charge in [0.25, 0.3) is 29.5 Å². The van der Waals surface area contributed by atoms with Crippen LogP contribution in [0.1, 0.15) is 152 Å². The molecular weight excluding hydrogens is 1750 g/mol. The number of ether oxygens (including phenoxy) is 1. The maximum Gasteiger partial charge on any atom is 0.272 e. The molecule has 139 heavy (non-hydrogen) atoms. The van der Waals surface area contributed by atoms with Gasteiger partial charge in [-0.2, -0.15) is 20.4 Å². The Balaban J connectivity index is 0.000000139. The Hall–Kier alpha value is -18.8. The number of hydrogen-bond donors (Lipinski definition) is 22. The van der Waals surface area contributed by atoms with Gasteiger partial charge in [0, 0.05) is 140 Å². The summed E-state index contributed by atoms with van der Waals surface area (Å²) in [6.45, 7) is 24.2. The lowest BCUT2D eigenvalue weighted by molar-refractivity contribution is 0.101. The second-order valence-corrected chi connectivity index (χ2v) is 33.1. The summed E-state index contributed by atoms with van der Waals surface area (Å²) in [5.41, 5.74) is 66.7. The molecule has 704 valence electrons. The van der Waals surface area contributed by atoms with Crippen LogP contribution in [0.2, 0.25) is 0 Å². The van der Waals surface area contributed by atoms with Crippen molar-refractivity contribution in [1.82, 2.24) is 51.2 Å². The molecule has 0 aliphatic heterocycles. The number of nitrogens with one attached hydrogen (secondary N) is 16. The van der Waals surface area contributed by atoms with Crippen molar-refractivity contribution in [2.24, 2.45) is 53.4 Å². The van der Waals surface area contributed by atoms with E-state index < -0.39 is 0 Å². The smallest absolute Gasteiger partial charge is 0.272 e. The Morgan fingerprint density at radius 1 is 0.410 bits per heavy atom. The zero-order valence-corrected chi connectivity index (χ0v) is 77.8. The van der Waals surface area contributed by atoms with Crippen LogP contribution in [0.15, 0.2) is 310 Å². The van der Waals surface area contributed by atoms with Crippen molar-refractivity contribution >= 4 is 186 Å². The van der Waals surface area contributed by atoms with Crippen LogP contribution in [0.5, 0.6) is 5.75 Å². The fraction of sp³-hybridized carbons (Fsp3) is 0.124. The Labute approximate surface area is 799 Å². The molecule has 34 heteroatoms. The summed E-state index contributed by atoms with van der Waals surface area (Å²) in [5, 5.41) is 49.6. The predicted octanol–water partition coefficient (Wildman–Crippen LogP) is 18.4. The predicted molar refractivity (Wildman–Crippen MR) is 565 cm³/mol. The summed E-state index contributed by atoms with van der Waals surface area (Å²) in [7, 11) is 1.62. The van der Waals surface area contributed by atoms with Crippen LogP contribution in [-0.2, 0) is 6.42 Å². The van der Waals surface area contributed by atoms with Gasteiger partial charge < -0.3 is 106 Å². The third-order valence-electron chi connectivity index (χ3n) is 22.0. The molecule has 0 radical (unpaired) electrons. The monoisotopic (exact) mass is 1860 g/mol. The van der Waals surface area contributed by atoms with E-state index in [1.54, 1.807) is 81.6 Å². The summed E-state index contributed by atoms with van der Waals surface area (Å²) < 4.78 is 5.23. The lowest BCUT2D eigenvalue weighted by Gasteiger charge is -2.06. The number of hydrazone groups is 3. The molecular formula is C105H108N28O6. The Kier molecular flexibility index (Phi) is 30.3. The van der Waals surface area contributed by atoms with Crippen molar-refractivity contribution in [3.05, 3.63) is 348 Å². The minimum Gasteiger partial charge on any atom is -0.497 e. The highest BCUT2D eigenvalue weighted by Gasteiger charge is 2.22. The van der Waals surface area contributed by atoms with Gasteiger partial charge in [0.05, 0.1) is 36.5 Å². The third-order valence-corrected chi connectivity index (χ3v) is 22.0. The number of methoxy groups -OCH3 is 1. The van der Waals surface area contributed by atoms with Crippen LogP contribution in [-0.4, -0.2) is 118 Å². The number of amides is 5. The van der Waals surface area contributed by atoms with Crippen LogP contribution in [0, 0.1) is 12.3 Å². The number of H-pyrrole nitrogens is 7. The van der Waals surface area contributed by atoms with Gasteiger partial charge in [0.15, 0.2) is 0 Å². The van der Waals surface area contributed by atoms with Gasteiger partial charge in [0.1, 0.15) is 57.5 Å². The second-order valence-electron chi connectivity index (χ2n) is 33.1. The van der Waals surface area contributed by atoms with Gasteiger partial charge in [0.2, 0.25) is 0 Å². The number of hydrogen-bond acceptors (Lipinski definition) is 21. The van der Waals surface area contributed by atoms with E-state index in [0.717, 1.165) is 192 Å². The van der Waals surface area contributed by atoms with E-state index >= 15 is 0 Å². The number of nitrogens with two attached hydrogens (primary N) is 6. The SMILES string of the molecule is C=C(N)N/N=C(\C)c1ccc2[nH]c(C(=O)Nc3ccc(N)cc3)cc2c1.C=C(N)N/N=C(\C)c1ccc2[nH]c(C(=O)Nc3ccc4[nH]c(C)cc4c3)cc2c1.C=C(N)N/N=C(\C)c1ccc2[nH]c(C(=O)Nc3cccc(N)c3)cc2c1.CCCC(=NCC(C)=N)c1ccc2[nH]c(C(=O)Nc3ccc4cc[nH]c4c3)cc2c1.COc1ccc2[nH]c(C(=O)Nc3ccc4c(c3)CC/C4=N\N=C(C)N)cc2c1. The maximum absolute atomic E-state index is 12.8. The first-order chi connectivity index (χ1) is 66.8. The van der Waals surface area contributed by atoms with E-state index in [-0.39, 0.29) is 47.0 Å². The zero-order chi connectivity index (χ0) is 98.7. The molecule has 7 aromatic heterocycles. The number of nitrogen functional groups attached to an aromatic ring is 2. The first-order valence-electron chi connectivity index (χ1n) is 44.2. The lowest BCUT2D eigenvalue weighted by atomic mass is 10.0. The number of aromatic amines is 7. The molecule has 0 fully saturated rings. The highest BCUT2D eigenvalue weighted by atomic mass is 16.5.